The van der Waals surface area contributed by atoms with Gasteiger partial charge >= 0.3 is 0 Å². The molecule has 1 saturated heterocycles. The Morgan fingerprint density at radius 1 is 0.973 bits per heavy atom. The Bertz CT molecular complexity index is 1530. The summed E-state index contributed by atoms with van der Waals surface area (Å²) in [5.41, 5.74) is 4.11. The third-order valence-electron chi connectivity index (χ3n) is 6.83. The molecule has 3 aromatic carbocycles. The van der Waals surface area contributed by atoms with E-state index in [-0.39, 0.29) is 17.9 Å². The van der Waals surface area contributed by atoms with Gasteiger partial charge in [0.2, 0.25) is 0 Å². The van der Waals surface area contributed by atoms with Crippen LogP contribution in [0.1, 0.15) is 28.3 Å². The van der Waals surface area contributed by atoms with Gasteiger partial charge in [-0.05, 0) is 42.7 Å². The summed E-state index contributed by atoms with van der Waals surface area (Å²) >= 11 is 0. The second kappa shape index (κ2) is 9.85. The van der Waals surface area contributed by atoms with Crippen LogP contribution in [0.3, 0.4) is 0 Å². The molecule has 2 N–H and O–H groups in total. The first-order chi connectivity index (χ1) is 17.9. The zero-order chi connectivity index (χ0) is 26.1. The highest BCUT2D eigenvalue weighted by molar-refractivity contribution is 6.46. The van der Waals surface area contributed by atoms with E-state index >= 15 is 0 Å². The predicted octanol–water partition coefficient (Wildman–Crippen LogP) is 5.16. The van der Waals surface area contributed by atoms with E-state index in [1.54, 1.807) is 25.3 Å². The summed E-state index contributed by atoms with van der Waals surface area (Å²) < 4.78 is 10.7. The topological polar surface area (TPSA) is 91.9 Å². The number of carbonyl (C=O) groups is 2. The van der Waals surface area contributed by atoms with E-state index in [1.165, 1.54) is 0 Å². The molecule has 5 rings (SSSR count). The Morgan fingerprint density at radius 2 is 1.76 bits per heavy atom. The lowest BCUT2D eigenvalue weighted by Crippen LogP contribution is -2.31. The fraction of sp³-hybridized carbons (Fsp3) is 0.200. The molecule has 1 amide bonds. The molecule has 1 aliphatic heterocycles. The number of aromatic nitrogens is 1. The maximum atomic E-state index is 13.4. The van der Waals surface area contributed by atoms with Gasteiger partial charge in [-0.3, -0.25) is 9.59 Å². The van der Waals surface area contributed by atoms with Gasteiger partial charge in [0.05, 0.1) is 25.8 Å². The van der Waals surface area contributed by atoms with Crippen molar-refractivity contribution in [3.05, 3.63) is 101 Å². The number of H-pyrrole nitrogens is 1. The number of amides is 1. The van der Waals surface area contributed by atoms with Gasteiger partial charge in [0, 0.05) is 29.2 Å². The van der Waals surface area contributed by atoms with E-state index < -0.39 is 17.7 Å². The Hall–Kier alpha value is -4.52. The summed E-state index contributed by atoms with van der Waals surface area (Å²) in [6, 6.07) is 20.1. The first kappa shape index (κ1) is 24.2. The maximum Gasteiger partial charge on any atom is 0.295 e. The molecule has 0 radical (unpaired) electrons. The lowest BCUT2D eigenvalue weighted by molar-refractivity contribution is -0.139. The number of nitrogens with one attached hydrogen (secondary N) is 1. The van der Waals surface area contributed by atoms with Gasteiger partial charge < -0.3 is 24.5 Å². The third kappa shape index (κ3) is 4.33. The average Bonchev–Trinajstić information content (AvgIpc) is 3.46. The number of likely N-dealkylation sites (tertiary alicyclic amines) is 1. The zero-order valence-electron chi connectivity index (χ0n) is 20.9. The zero-order valence-corrected chi connectivity index (χ0v) is 20.9. The number of ether oxygens (including phenoxy) is 2. The van der Waals surface area contributed by atoms with Crippen LogP contribution in [-0.2, 0) is 16.0 Å². The smallest absolute Gasteiger partial charge is 0.295 e. The van der Waals surface area contributed by atoms with Crippen molar-refractivity contribution >= 4 is 28.4 Å². The number of carbonyl (C=O) groups excluding carboxylic acids is 2. The van der Waals surface area contributed by atoms with Gasteiger partial charge in [-0.15, -0.1) is 0 Å². The van der Waals surface area contributed by atoms with Gasteiger partial charge in [0.25, 0.3) is 11.7 Å². The van der Waals surface area contributed by atoms with Crippen molar-refractivity contribution < 1.29 is 24.2 Å². The predicted molar refractivity (Wildman–Crippen MR) is 142 cm³/mol. The van der Waals surface area contributed by atoms with Crippen LogP contribution in [0, 0.1) is 6.92 Å². The third-order valence-corrected chi connectivity index (χ3v) is 6.83. The number of hydrogen-bond acceptors (Lipinski definition) is 5. The van der Waals surface area contributed by atoms with E-state index in [2.05, 4.69) is 4.98 Å². The number of hydrogen-bond donors (Lipinski definition) is 2. The summed E-state index contributed by atoms with van der Waals surface area (Å²) in [5.74, 6) is -0.298. The van der Waals surface area contributed by atoms with Crippen molar-refractivity contribution in [1.82, 2.24) is 9.88 Å². The minimum Gasteiger partial charge on any atom is -0.507 e. The molecule has 0 saturated carbocycles. The number of Topliss-reactive ketones (excluding diaryl/α,β-unsaturated/α-hetero) is 1. The standard InChI is InChI=1S/C30H28N2O5/c1-18-7-6-8-20(15-18)27-26(28(33)22-17-31-23-10-5-4-9-21(22)23)29(34)30(35)32(27)14-13-19-11-12-24(36-2)25(16-19)37-3/h4-12,15-17,27,31,33H,13-14H2,1-3H3/b28-26-. The molecule has 0 bridgehead atoms. The van der Waals surface area contributed by atoms with Crippen molar-refractivity contribution in [2.24, 2.45) is 0 Å². The number of aryl methyl sites for hydroxylation is 1. The number of rotatable bonds is 7. The lowest BCUT2D eigenvalue weighted by atomic mass is 9.94. The molecule has 1 aromatic heterocycles. The summed E-state index contributed by atoms with van der Waals surface area (Å²) in [5, 5.41) is 12.2. The van der Waals surface area contributed by atoms with E-state index in [4.69, 9.17) is 9.47 Å². The lowest BCUT2D eigenvalue weighted by Gasteiger charge is -2.25. The van der Waals surface area contributed by atoms with Crippen LogP contribution < -0.4 is 9.47 Å². The molecule has 1 atom stereocenters. The fourth-order valence-electron chi connectivity index (χ4n) is 5.00. The van der Waals surface area contributed by atoms with E-state index in [9.17, 15) is 14.7 Å². The summed E-state index contributed by atoms with van der Waals surface area (Å²) in [7, 11) is 3.15. The van der Waals surface area contributed by atoms with Crippen LogP contribution in [0.5, 0.6) is 11.5 Å². The Labute approximate surface area is 214 Å². The van der Waals surface area contributed by atoms with Gasteiger partial charge in [0.1, 0.15) is 5.76 Å². The molecule has 1 aliphatic rings. The maximum absolute atomic E-state index is 13.4. The van der Waals surface area contributed by atoms with Gasteiger partial charge in [-0.25, -0.2) is 0 Å². The molecule has 1 fully saturated rings. The number of aliphatic hydroxyl groups excluding tert-OH is 1. The summed E-state index contributed by atoms with van der Waals surface area (Å²) in [6.45, 7) is 2.24. The molecule has 4 aromatic rings. The Balaban J connectivity index is 1.57. The van der Waals surface area contributed by atoms with E-state index in [1.807, 2.05) is 73.7 Å². The number of nitrogens with zero attached hydrogens (tertiary/aromatic N) is 1. The minimum atomic E-state index is -0.714. The highest BCUT2D eigenvalue weighted by Crippen LogP contribution is 2.41. The van der Waals surface area contributed by atoms with Crippen LogP contribution in [0.4, 0.5) is 0 Å². The largest absolute Gasteiger partial charge is 0.507 e. The van der Waals surface area contributed by atoms with Crippen LogP contribution >= 0.6 is 0 Å². The molecule has 0 aliphatic carbocycles. The first-order valence-electron chi connectivity index (χ1n) is 12.0. The quantitative estimate of drug-likeness (QED) is 0.210. The molecule has 188 valence electrons. The number of aromatic amines is 1. The molecule has 2 heterocycles. The van der Waals surface area contributed by atoms with Gasteiger partial charge in [-0.2, -0.15) is 0 Å². The minimum absolute atomic E-state index is 0.0904. The monoisotopic (exact) mass is 496 g/mol. The average molecular weight is 497 g/mol. The second-order valence-corrected chi connectivity index (χ2v) is 9.09. The number of fused-ring (bicyclic) bond motifs is 1. The molecule has 0 spiro atoms. The number of benzene rings is 3. The number of ketones is 1. The van der Waals surface area contributed by atoms with Crippen molar-refractivity contribution in [3.8, 4) is 11.5 Å². The van der Waals surface area contributed by atoms with Crippen LogP contribution in [0.15, 0.2) is 78.5 Å². The normalized spacial score (nSPS) is 16.9. The number of methoxy groups -OCH3 is 2. The van der Waals surface area contributed by atoms with E-state index in [0.717, 1.165) is 27.6 Å². The number of para-hydroxylation sites is 1. The molecular weight excluding hydrogens is 468 g/mol. The Morgan fingerprint density at radius 3 is 2.51 bits per heavy atom. The van der Waals surface area contributed by atoms with Crippen molar-refractivity contribution in [3.63, 3.8) is 0 Å². The Kier molecular flexibility index (Phi) is 6.44. The van der Waals surface area contributed by atoms with E-state index in [0.29, 0.717) is 23.5 Å². The number of aliphatic hydroxyl groups is 1. The summed E-state index contributed by atoms with van der Waals surface area (Å²) in [6.07, 6.45) is 2.16. The van der Waals surface area contributed by atoms with Gasteiger partial charge in [0.15, 0.2) is 11.5 Å². The molecule has 37 heavy (non-hydrogen) atoms. The van der Waals surface area contributed by atoms with Crippen LogP contribution in [0.2, 0.25) is 0 Å². The SMILES string of the molecule is COc1ccc(CCN2C(=O)C(=O)/C(=C(\O)c3c[nH]c4ccccc34)C2c2cccc(C)c2)cc1OC. The van der Waals surface area contributed by atoms with Crippen molar-refractivity contribution in [2.75, 3.05) is 20.8 Å². The van der Waals surface area contributed by atoms with Crippen LogP contribution in [0.25, 0.3) is 16.7 Å². The van der Waals surface area contributed by atoms with Crippen LogP contribution in [-0.4, -0.2) is 47.4 Å². The van der Waals surface area contributed by atoms with Gasteiger partial charge in [-0.1, -0.05) is 54.1 Å². The molecule has 1 unspecified atom stereocenters. The molecule has 7 heteroatoms. The first-order valence-corrected chi connectivity index (χ1v) is 12.0. The fourth-order valence-corrected chi connectivity index (χ4v) is 5.00. The highest BCUT2D eigenvalue weighted by Gasteiger charge is 2.46. The highest BCUT2D eigenvalue weighted by atomic mass is 16.5. The summed E-state index contributed by atoms with van der Waals surface area (Å²) in [4.78, 5) is 31.4. The van der Waals surface area contributed by atoms with Crippen molar-refractivity contribution in [2.45, 2.75) is 19.4 Å². The van der Waals surface area contributed by atoms with Crippen molar-refractivity contribution in [1.29, 1.82) is 0 Å². The molecular formula is C30H28N2O5. The second-order valence-electron chi connectivity index (χ2n) is 9.09. The molecule has 7 nitrogen and oxygen atoms in total.